The number of hydrogen-bond acceptors (Lipinski definition) is 3. The zero-order valence-corrected chi connectivity index (χ0v) is 15.5. The summed E-state index contributed by atoms with van der Waals surface area (Å²) in [5.74, 6) is 1.04. The van der Waals surface area contributed by atoms with Crippen LogP contribution in [0.1, 0.15) is 36.8 Å². The standard InChI is InChI=1S/C22H23F3N2O/c23-22(24,25)19-9-8-17(13-18(19)15-5-2-1-3-6-15)21(28)10-4-7-16(14-21)20-26-11-12-27-20/h1-3,5-6,8-9,13,16,28H,4,7,10-12,14H2,(H,26,27)/t16?,21-/m1/s1. The number of aliphatic hydroxyl groups is 1. The Balaban J connectivity index is 1.73. The van der Waals surface area contributed by atoms with Gasteiger partial charge in [0.1, 0.15) is 0 Å². The Kier molecular flexibility index (Phi) is 4.91. The molecule has 2 aromatic rings. The Morgan fingerprint density at radius 2 is 1.89 bits per heavy atom. The third kappa shape index (κ3) is 3.65. The van der Waals surface area contributed by atoms with E-state index in [1.54, 1.807) is 30.3 Å². The van der Waals surface area contributed by atoms with Crippen LogP contribution < -0.4 is 5.32 Å². The molecule has 0 saturated heterocycles. The van der Waals surface area contributed by atoms with Crippen molar-refractivity contribution >= 4 is 5.84 Å². The largest absolute Gasteiger partial charge is 0.417 e. The van der Waals surface area contributed by atoms with Gasteiger partial charge in [-0.2, -0.15) is 13.2 Å². The summed E-state index contributed by atoms with van der Waals surface area (Å²) in [6.07, 6.45) is -1.71. The lowest BCUT2D eigenvalue weighted by molar-refractivity contribution is -0.137. The van der Waals surface area contributed by atoms with E-state index in [-0.39, 0.29) is 11.5 Å². The fourth-order valence-corrected chi connectivity index (χ4v) is 4.38. The molecule has 0 amide bonds. The highest BCUT2D eigenvalue weighted by Gasteiger charge is 2.40. The molecule has 4 rings (SSSR count). The maximum Gasteiger partial charge on any atom is 0.417 e. The van der Waals surface area contributed by atoms with E-state index in [0.717, 1.165) is 37.8 Å². The fraction of sp³-hybridized carbons (Fsp3) is 0.409. The lowest BCUT2D eigenvalue weighted by Gasteiger charge is -2.37. The number of rotatable bonds is 3. The number of nitrogens with one attached hydrogen (secondary N) is 1. The average molecular weight is 388 g/mol. The second kappa shape index (κ2) is 7.24. The van der Waals surface area contributed by atoms with Crippen molar-refractivity contribution in [3.8, 4) is 11.1 Å². The van der Waals surface area contributed by atoms with E-state index in [9.17, 15) is 18.3 Å². The molecule has 0 aromatic heterocycles. The van der Waals surface area contributed by atoms with Gasteiger partial charge in [0, 0.05) is 12.5 Å². The normalized spacial score (nSPS) is 25.3. The minimum Gasteiger partial charge on any atom is -0.385 e. The van der Waals surface area contributed by atoms with Crippen LogP contribution in [0.3, 0.4) is 0 Å². The van der Waals surface area contributed by atoms with Gasteiger partial charge in [-0.05, 0) is 54.5 Å². The Morgan fingerprint density at radius 3 is 2.57 bits per heavy atom. The van der Waals surface area contributed by atoms with Gasteiger partial charge >= 0.3 is 6.18 Å². The Labute approximate surface area is 162 Å². The molecular formula is C22H23F3N2O. The molecule has 3 nitrogen and oxygen atoms in total. The summed E-state index contributed by atoms with van der Waals surface area (Å²) in [7, 11) is 0. The minimum atomic E-state index is -4.45. The molecule has 1 aliphatic carbocycles. The van der Waals surface area contributed by atoms with E-state index in [2.05, 4.69) is 10.3 Å². The number of alkyl halides is 3. The second-order valence-corrected chi connectivity index (χ2v) is 7.64. The number of amidine groups is 1. The first-order valence-electron chi connectivity index (χ1n) is 9.64. The van der Waals surface area contributed by atoms with Crippen LogP contribution in [0.2, 0.25) is 0 Å². The van der Waals surface area contributed by atoms with Crippen LogP contribution in [0.4, 0.5) is 13.2 Å². The molecule has 1 unspecified atom stereocenters. The first kappa shape index (κ1) is 19.0. The molecular weight excluding hydrogens is 365 g/mol. The molecule has 0 spiro atoms. The molecule has 148 valence electrons. The van der Waals surface area contributed by atoms with Crippen LogP contribution >= 0.6 is 0 Å². The van der Waals surface area contributed by atoms with Crippen LogP contribution in [0.15, 0.2) is 53.5 Å². The van der Waals surface area contributed by atoms with Crippen molar-refractivity contribution in [1.29, 1.82) is 0 Å². The second-order valence-electron chi connectivity index (χ2n) is 7.64. The molecule has 2 aliphatic rings. The average Bonchev–Trinajstić information content (AvgIpc) is 3.22. The van der Waals surface area contributed by atoms with Gasteiger partial charge < -0.3 is 10.4 Å². The molecule has 6 heteroatoms. The molecule has 28 heavy (non-hydrogen) atoms. The molecule has 0 bridgehead atoms. The molecule has 1 fully saturated rings. The SMILES string of the molecule is O[C@]1(c2ccc(C(F)(F)F)c(-c3ccccc3)c2)CCCC(C2=NCCN2)C1. The summed E-state index contributed by atoms with van der Waals surface area (Å²) >= 11 is 0. The third-order valence-corrected chi connectivity index (χ3v) is 5.76. The summed E-state index contributed by atoms with van der Waals surface area (Å²) in [4.78, 5) is 4.48. The Bertz CT molecular complexity index is 879. The van der Waals surface area contributed by atoms with Crippen LogP contribution in [-0.4, -0.2) is 24.0 Å². The molecule has 1 saturated carbocycles. The predicted molar refractivity (Wildman–Crippen MR) is 103 cm³/mol. The lowest BCUT2D eigenvalue weighted by atomic mass is 9.73. The van der Waals surface area contributed by atoms with Crippen molar-refractivity contribution in [3.05, 3.63) is 59.7 Å². The summed E-state index contributed by atoms with van der Waals surface area (Å²) < 4.78 is 40.8. The predicted octanol–water partition coefficient (Wildman–Crippen LogP) is 4.75. The Morgan fingerprint density at radius 1 is 1.11 bits per heavy atom. The molecule has 2 atom stereocenters. The van der Waals surface area contributed by atoms with Crippen molar-refractivity contribution in [2.75, 3.05) is 13.1 Å². The quantitative estimate of drug-likeness (QED) is 0.797. The highest BCUT2D eigenvalue weighted by molar-refractivity contribution is 5.86. The molecule has 2 aromatic carbocycles. The summed E-state index contributed by atoms with van der Waals surface area (Å²) in [5, 5.41) is 14.6. The highest BCUT2D eigenvalue weighted by Crippen LogP contribution is 2.44. The zero-order chi connectivity index (χ0) is 19.8. The number of nitrogens with zero attached hydrogens (tertiary/aromatic N) is 1. The van der Waals surface area contributed by atoms with E-state index in [4.69, 9.17) is 0 Å². The fourth-order valence-electron chi connectivity index (χ4n) is 4.38. The van der Waals surface area contributed by atoms with Crippen LogP contribution in [-0.2, 0) is 11.8 Å². The van der Waals surface area contributed by atoms with E-state index >= 15 is 0 Å². The van der Waals surface area contributed by atoms with E-state index in [0.29, 0.717) is 24.0 Å². The van der Waals surface area contributed by atoms with Crippen LogP contribution in [0.5, 0.6) is 0 Å². The van der Waals surface area contributed by atoms with Gasteiger partial charge in [0.05, 0.1) is 23.5 Å². The van der Waals surface area contributed by atoms with Crippen LogP contribution in [0.25, 0.3) is 11.1 Å². The maximum atomic E-state index is 13.6. The number of halogens is 3. The minimum absolute atomic E-state index is 0.109. The van der Waals surface area contributed by atoms with Crippen molar-refractivity contribution < 1.29 is 18.3 Å². The molecule has 2 N–H and O–H groups in total. The highest BCUT2D eigenvalue weighted by atomic mass is 19.4. The van der Waals surface area contributed by atoms with Gasteiger partial charge in [0.25, 0.3) is 0 Å². The molecule has 1 heterocycles. The topological polar surface area (TPSA) is 44.6 Å². The van der Waals surface area contributed by atoms with Gasteiger partial charge in [-0.3, -0.25) is 4.99 Å². The van der Waals surface area contributed by atoms with E-state index in [1.807, 2.05) is 0 Å². The van der Waals surface area contributed by atoms with E-state index in [1.165, 1.54) is 12.1 Å². The summed E-state index contributed by atoms with van der Waals surface area (Å²) in [6, 6.07) is 12.6. The van der Waals surface area contributed by atoms with Gasteiger partial charge in [0.15, 0.2) is 0 Å². The Hall–Kier alpha value is -2.34. The molecule has 0 radical (unpaired) electrons. The van der Waals surface area contributed by atoms with Gasteiger partial charge in [-0.15, -0.1) is 0 Å². The van der Waals surface area contributed by atoms with Gasteiger partial charge in [-0.1, -0.05) is 36.4 Å². The first-order chi connectivity index (χ1) is 13.4. The zero-order valence-electron chi connectivity index (χ0n) is 15.5. The number of aliphatic imine (C=N–C) groups is 1. The van der Waals surface area contributed by atoms with Crippen molar-refractivity contribution in [1.82, 2.24) is 5.32 Å². The third-order valence-electron chi connectivity index (χ3n) is 5.76. The summed E-state index contributed by atoms with van der Waals surface area (Å²) in [6.45, 7) is 1.55. The van der Waals surface area contributed by atoms with Gasteiger partial charge in [0.2, 0.25) is 0 Å². The molecule has 1 aliphatic heterocycles. The maximum absolute atomic E-state index is 13.6. The monoisotopic (exact) mass is 388 g/mol. The first-order valence-corrected chi connectivity index (χ1v) is 9.64. The summed E-state index contributed by atoms with van der Waals surface area (Å²) in [5.41, 5.74) is -0.682. The van der Waals surface area contributed by atoms with Gasteiger partial charge in [-0.25, -0.2) is 0 Å². The van der Waals surface area contributed by atoms with Crippen molar-refractivity contribution in [3.63, 3.8) is 0 Å². The van der Waals surface area contributed by atoms with Crippen LogP contribution in [0, 0.1) is 5.92 Å². The van der Waals surface area contributed by atoms with Crippen molar-refractivity contribution in [2.45, 2.75) is 37.5 Å². The van der Waals surface area contributed by atoms with E-state index < -0.39 is 17.3 Å². The smallest absolute Gasteiger partial charge is 0.385 e. The van der Waals surface area contributed by atoms with Crippen molar-refractivity contribution in [2.24, 2.45) is 10.9 Å². The number of hydrogen-bond donors (Lipinski definition) is 2. The lowest BCUT2D eigenvalue weighted by Crippen LogP contribution is -2.38. The number of benzene rings is 2.